The first kappa shape index (κ1) is 28.6. The minimum atomic E-state index is 0. The van der Waals surface area contributed by atoms with E-state index in [1.54, 1.807) is 0 Å². The van der Waals surface area contributed by atoms with Crippen LogP contribution in [0.1, 0.15) is 118 Å². The van der Waals surface area contributed by atoms with Crippen LogP contribution in [-0.2, 0) is 25.8 Å². The molecular formula is C25H50O2W. The average Bonchev–Trinajstić information content (AvgIpc) is 2.71. The number of aliphatic hydroxyl groups excluding tert-OH is 1. The third-order valence-corrected chi connectivity index (χ3v) is 6.88. The second-order valence-corrected chi connectivity index (χ2v) is 9.22. The summed E-state index contributed by atoms with van der Waals surface area (Å²) in [6.07, 6.45) is 17.8. The third-order valence-electron chi connectivity index (χ3n) is 6.88. The monoisotopic (exact) mass is 566 g/mol. The van der Waals surface area contributed by atoms with Crippen molar-refractivity contribution in [3.8, 4) is 0 Å². The van der Waals surface area contributed by atoms with Crippen molar-refractivity contribution in [2.45, 2.75) is 130 Å². The first-order valence-corrected chi connectivity index (χ1v) is 12.4. The Morgan fingerprint density at radius 1 is 0.714 bits per heavy atom. The van der Waals surface area contributed by atoms with E-state index in [0.717, 1.165) is 43.1 Å². The molecule has 2 atom stereocenters. The van der Waals surface area contributed by atoms with Gasteiger partial charge in [0.05, 0.1) is 12.2 Å². The quantitative estimate of drug-likeness (QED) is 0.385. The Morgan fingerprint density at radius 2 is 1.14 bits per heavy atom. The van der Waals surface area contributed by atoms with E-state index in [0.29, 0.717) is 6.10 Å². The van der Waals surface area contributed by atoms with Crippen molar-refractivity contribution in [3.05, 3.63) is 0 Å². The van der Waals surface area contributed by atoms with Crippen molar-refractivity contribution >= 4 is 0 Å². The van der Waals surface area contributed by atoms with Crippen LogP contribution in [0.5, 0.6) is 0 Å². The second kappa shape index (κ2) is 17.3. The van der Waals surface area contributed by atoms with E-state index >= 15 is 0 Å². The Kier molecular flexibility index (Phi) is 17.7. The molecule has 28 heavy (non-hydrogen) atoms. The largest absolute Gasteiger partial charge is 0.393 e. The van der Waals surface area contributed by atoms with Gasteiger partial charge in [-0.3, -0.25) is 0 Å². The van der Waals surface area contributed by atoms with Gasteiger partial charge >= 0.3 is 0 Å². The van der Waals surface area contributed by atoms with Crippen molar-refractivity contribution < 1.29 is 30.9 Å². The van der Waals surface area contributed by atoms with Crippen molar-refractivity contribution in [1.29, 1.82) is 0 Å². The molecule has 1 heterocycles. The van der Waals surface area contributed by atoms with Gasteiger partial charge in [0.25, 0.3) is 0 Å². The smallest absolute Gasteiger partial charge is 0.0547 e. The van der Waals surface area contributed by atoms with E-state index in [9.17, 15) is 5.11 Å². The number of hydrogen-bond acceptors (Lipinski definition) is 2. The normalized spacial score (nSPS) is 35.4. The Bertz CT molecular complexity index is 325. The summed E-state index contributed by atoms with van der Waals surface area (Å²) in [6.45, 7) is 11.5. The minimum Gasteiger partial charge on any atom is -0.393 e. The summed E-state index contributed by atoms with van der Waals surface area (Å²) >= 11 is 0. The molecule has 2 nitrogen and oxygen atoms in total. The number of aliphatic hydroxyl groups is 1. The molecule has 1 N–H and O–H groups in total. The maximum atomic E-state index is 9.67. The summed E-state index contributed by atoms with van der Waals surface area (Å²) in [5, 5.41) is 9.67. The van der Waals surface area contributed by atoms with Crippen LogP contribution in [0.3, 0.4) is 0 Å². The zero-order valence-corrected chi connectivity index (χ0v) is 22.6. The Balaban J connectivity index is 0.00000111. The van der Waals surface area contributed by atoms with Gasteiger partial charge in [0.2, 0.25) is 0 Å². The molecule has 0 aromatic heterocycles. The van der Waals surface area contributed by atoms with E-state index in [1.165, 1.54) is 70.6 Å². The summed E-state index contributed by atoms with van der Waals surface area (Å²) in [4.78, 5) is 0. The van der Waals surface area contributed by atoms with E-state index in [1.807, 2.05) is 13.8 Å². The number of rotatable bonds is 4. The molecule has 0 bridgehead atoms. The van der Waals surface area contributed by atoms with Crippen molar-refractivity contribution in [1.82, 2.24) is 0 Å². The van der Waals surface area contributed by atoms with Crippen LogP contribution in [0.25, 0.3) is 0 Å². The van der Waals surface area contributed by atoms with Gasteiger partial charge in [-0.1, -0.05) is 53.4 Å². The van der Waals surface area contributed by atoms with Crippen LogP contribution < -0.4 is 0 Å². The van der Waals surface area contributed by atoms with Crippen LogP contribution in [0, 0.1) is 23.7 Å². The molecule has 168 valence electrons. The summed E-state index contributed by atoms with van der Waals surface area (Å²) in [5.74, 6) is 3.73. The maximum absolute atomic E-state index is 9.67. The van der Waals surface area contributed by atoms with E-state index in [-0.39, 0.29) is 27.2 Å². The van der Waals surface area contributed by atoms with Gasteiger partial charge in [0, 0.05) is 27.7 Å². The predicted octanol–water partition coefficient (Wildman–Crippen LogP) is 7.38. The molecule has 2 saturated carbocycles. The van der Waals surface area contributed by atoms with Gasteiger partial charge in [-0.25, -0.2) is 0 Å². The van der Waals surface area contributed by atoms with Crippen LogP contribution in [0.15, 0.2) is 0 Å². The molecule has 1 saturated heterocycles. The number of ether oxygens (including phenoxy) is 1. The second-order valence-electron chi connectivity index (χ2n) is 9.22. The Morgan fingerprint density at radius 3 is 1.61 bits per heavy atom. The molecule has 2 aliphatic carbocycles. The van der Waals surface area contributed by atoms with Crippen molar-refractivity contribution in [3.63, 3.8) is 0 Å². The average molecular weight is 567 g/mol. The van der Waals surface area contributed by atoms with Gasteiger partial charge in [-0.2, -0.15) is 0 Å². The van der Waals surface area contributed by atoms with Crippen LogP contribution in [-0.4, -0.2) is 23.9 Å². The molecular weight excluding hydrogens is 516 g/mol. The zero-order chi connectivity index (χ0) is 20.1. The first-order chi connectivity index (χ1) is 13.1. The maximum Gasteiger partial charge on any atom is 0.0547 e. The molecule has 0 amide bonds. The van der Waals surface area contributed by atoms with Gasteiger partial charge < -0.3 is 9.84 Å². The summed E-state index contributed by atoms with van der Waals surface area (Å²) < 4.78 is 5.81. The molecule has 0 aromatic carbocycles. The van der Waals surface area contributed by atoms with E-state index in [2.05, 4.69) is 20.8 Å². The summed E-state index contributed by atoms with van der Waals surface area (Å²) in [5.41, 5.74) is 0. The topological polar surface area (TPSA) is 29.5 Å². The molecule has 1 aliphatic heterocycles. The number of hydrogen-bond donors (Lipinski definition) is 1. The minimum absolute atomic E-state index is 0. The van der Waals surface area contributed by atoms with E-state index in [4.69, 9.17) is 4.74 Å². The van der Waals surface area contributed by atoms with Gasteiger partial charge in [0.1, 0.15) is 0 Å². The zero-order valence-electron chi connectivity index (χ0n) is 19.6. The molecule has 3 fully saturated rings. The van der Waals surface area contributed by atoms with E-state index < -0.39 is 0 Å². The fourth-order valence-electron chi connectivity index (χ4n) is 5.16. The molecule has 0 spiro atoms. The molecule has 3 rings (SSSR count). The van der Waals surface area contributed by atoms with Crippen molar-refractivity contribution in [2.75, 3.05) is 6.61 Å². The predicted molar refractivity (Wildman–Crippen MR) is 118 cm³/mol. The van der Waals surface area contributed by atoms with Gasteiger partial charge in [0.15, 0.2) is 0 Å². The molecule has 3 aliphatic rings. The Hall–Kier alpha value is 0.608. The van der Waals surface area contributed by atoms with Crippen molar-refractivity contribution in [2.24, 2.45) is 23.7 Å². The van der Waals surface area contributed by atoms with Crippen LogP contribution >= 0.6 is 0 Å². The summed E-state index contributed by atoms with van der Waals surface area (Å²) in [6, 6.07) is 0. The molecule has 2 unspecified atom stereocenters. The fourth-order valence-corrected chi connectivity index (χ4v) is 5.16. The Labute approximate surface area is 191 Å². The van der Waals surface area contributed by atoms with Gasteiger partial charge in [-0.15, -0.1) is 0 Å². The third kappa shape index (κ3) is 11.1. The fraction of sp³-hybridized carbons (Fsp3) is 1.00. The standard InChI is InChI=1S/C20H36O2.C3H8.C2H6.W/c1-15-2-3-17(14-22-15)5-4-16-6-8-18(9-7-16)19-10-12-20(21)13-11-19;1-3-2;1-2;/h15-21H,2-14H2,1H3;3H2,1-2H3;1-2H3;. The van der Waals surface area contributed by atoms with Crippen LogP contribution in [0.2, 0.25) is 0 Å². The molecule has 0 radical (unpaired) electrons. The SMILES string of the molecule is CC.CC1CCC(CCC2CCC(C3CCC(O)CC3)CC2)CO1.CCC.[W]. The summed E-state index contributed by atoms with van der Waals surface area (Å²) in [7, 11) is 0. The first-order valence-electron chi connectivity index (χ1n) is 12.4. The van der Waals surface area contributed by atoms with Crippen LogP contribution in [0.4, 0.5) is 0 Å². The molecule has 3 heteroatoms. The molecule has 0 aromatic rings. The van der Waals surface area contributed by atoms with Gasteiger partial charge in [-0.05, 0) is 88.4 Å².